The van der Waals surface area contributed by atoms with Crippen LogP contribution in [-0.4, -0.2) is 17.9 Å². The van der Waals surface area contributed by atoms with E-state index in [2.05, 4.69) is 19.9 Å². The number of allylic oxidation sites excluding steroid dienone is 7. The summed E-state index contributed by atoms with van der Waals surface area (Å²) in [5, 5.41) is 0. The molecule has 2 rings (SSSR count). The van der Waals surface area contributed by atoms with Gasteiger partial charge in [0.15, 0.2) is 5.78 Å². The van der Waals surface area contributed by atoms with Gasteiger partial charge in [-0.25, -0.2) is 0 Å². The van der Waals surface area contributed by atoms with E-state index in [9.17, 15) is 9.59 Å². The van der Waals surface area contributed by atoms with Crippen molar-refractivity contribution in [3.05, 3.63) is 47.1 Å². The lowest BCUT2D eigenvalue weighted by Crippen LogP contribution is -2.20. The quantitative estimate of drug-likeness (QED) is 0.422. The number of carbonyl (C=O) groups is 2. The van der Waals surface area contributed by atoms with Crippen LogP contribution in [0.4, 0.5) is 0 Å². The fourth-order valence-electron chi connectivity index (χ4n) is 3.45. The predicted molar refractivity (Wildman–Crippen MR) is 96.4 cm³/mol. The van der Waals surface area contributed by atoms with E-state index >= 15 is 0 Å². The SMILES string of the molecule is CC=CC=CC1=C(C)C(OC(=O)C2C(C=C(C)C)C2(C)C)CC1=O. The molecule has 0 aromatic rings. The second-order valence-corrected chi connectivity index (χ2v) is 7.60. The minimum absolute atomic E-state index is 0.0435. The summed E-state index contributed by atoms with van der Waals surface area (Å²) in [7, 11) is 0. The van der Waals surface area contributed by atoms with Gasteiger partial charge < -0.3 is 4.74 Å². The third kappa shape index (κ3) is 3.61. The van der Waals surface area contributed by atoms with Crippen LogP contribution in [0.5, 0.6) is 0 Å². The Morgan fingerprint density at radius 1 is 1.25 bits per heavy atom. The van der Waals surface area contributed by atoms with Gasteiger partial charge in [0.25, 0.3) is 0 Å². The number of esters is 1. The van der Waals surface area contributed by atoms with Crippen molar-refractivity contribution in [2.75, 3.05) is 0 Å². The van der Waals surface area contributed by atoms with E-state index in [-0.39, 0.29) is 35.4 Å². The largest absolute Gasteiger partial charge is 0.457 e. The van der Waals surface area contributed by atoms with Gasteiger partial charge in [0.05, 0.1) is 12.3 Å². The summed E-state index contributed by atoms with van der Waals surface area (Å²) in [4.78, 5) is 24.7. The summed E-state index contributed by atoms with van der Waals surface area (Å²) in [6, 6.07) is 0. The normalized spacial score (nSPS) is 28.8. The number of ether oxygens (including phenoxy) is 1. The topological polar surface area (TPSA) is 43.4 Å². The molecular formula is C21H28O3. The van der Waals surface area contributed by atoms with Crippen molar-refractivity contribution < 1.29 is 14.3 Å². The molecule has 1 fully saturated rings. The maximum absolute atomic E-state index is 12.6. The van der Waals surface area contributed by atoms with Gasteiger partial charge in [-0.15, -0.1) is 0 Å². The lowest BCUT2D eigenvalue weighted by Gasteiger charge is -2.13. The number of carbonyl (C=O) groups excluding carboxylic acids is 2. The molecule has 130 valence electrons. The highest BCUT2D eigenvalue weighted by atomic mass is 16.5. The molecule has 0 bridgehead atoms. The first-order valence-electron chi connectivity index (χ1n) is 8.59. The minimum Gasteiger partial charge on any atom is -0.457 e. The molecule has 0 radical (unpaired) electrons. The summed E-state index contributed by atoms with van der Waals surface area (Å²) in [5.41, 5.74) is 2.67. The highest BCUT2D eigenvalue weighted by Crippen LogP contribution is 2.60. The van der Waals surface area contributed by atoms with Crippen LogP contribution >= 0.6 is 0 Å². The first-order chi connectivity index (χ1) is 11.2. The van der Waals surface area contributed by atoms with Gasteiger partial charge in [0.2, 0.25) is 0 Å². The summed E-state index contributed by atoms with van der Waals surface area (Å²) < 4.78 is 5.70. The molecule has 0 aliphatic heterocycles. The Kier molecular flexibility index (Phi) is 5.32. The Labute approximate surface area is 145 Å². The molecule has 0 spiro atoms. The molecule has 0 amide bonds. The van der Waals surface area contributed by atoms with E-state index < -0.39 is 6.10 Å². The molecule has 3 unspecified atom stereocenters. The lowest BCUT2D eigenvalue weighted by atomic mass is 10.1. The molecule has 3 heteroatoms. The molecule has 0 aromatic heterocycles. The van der Waals surface area contributed by atoms with Crippen LogP contribution in [0.15, 0.2) is 47.1 Å². The van der Waals surface area contributed by atoms with Gasteiger partial charge in [0, 0.05) is 5.57 Å². The van der Waals surface area contributed by atoms with Crippen LogP contribution in [0.3, 0.4) is 0 Å². The van der Waals surface area contributed by atoms with E-state index in [0.717, 1.165) is 5.57 Å². The first kappa shape index (κ1) is 18.4. The first-order valence-corrected chi connectivity index (χ1v) is 8.59. The molecule has 0 aromatic carbocycles. The summed E-state index contributed by atoms with van der Waals surface area (Å²) in [6.07, 6.45) is 9.42. The van der Waals surface area contributed by atoms with Crippen LogP contribution in [-0.2, 0) is 14.3 Å². The third-order valence-corrected chi connectivity index (χ3v) is 5.08. The van der Waals surface area contributed by atoms with Gasteiger partial charge in [-0.3, -0.25) is 9.59 Å². The molecule has 3 atom stereocenters. The lowest BCUT2D eigenvalue weighted by molar-refractivity contribution is -0.150. The van der Waals surface area contributed by atoms with Crippen molar-refractivity contribution in [2.24, 2.45) is 17.3 Å². The Bertz CT molecular complexity index is 655. The second kappa shape index (κ2) is 6.92. The molecule has 2 aliphatic rings. The molecule has 0 N–H and O–H groups in total. The molecule has 3 nitrogen and oxygen atoms in total. The standard InChI is InChI=1S/C21H28O3/c1-7-8-9-10-15-14(4)18(12-17(15)22)24-20(23)19-16(11-13(2)3)21(19,5)6/h7-11,16,18-19H,12H2,1-6H3. The van der Waals surface area contributed by atoms with Crippen LogP contribution in [0.2, 0.25) is 0 Å². The molecule has 1 saturated carbocycles. The van der Waals surface area contributed by atoms with Crippen LogP contribution in [0.1, 0.15) is 48.0 Å². The highest BCUT2D eigenvalue weighted by Gasteiger charge is 2.61. The maximum atomic E-state index is 12.6. The fourth-order valence-corrected chi connectivity index (χ4v) is 3.45. The Morgan fingerprint density at radius 2 is 1.92 bits per heavy atom. The monoisotopic (exact) mass is 328 g/mol. The van der Waals surface area contributed by atoms with Crippen LogP contribution in [0.25, 0.3) is 0 Å². The van der Waals surface area contributed by atoms with E-state index in [0.29, 0.717) is 5.57 Å². The number of hydrogen-bond donors (Lipinski definition) is 0. The molecular weight excluding hydrogens is 300 g/mol. The van der Waals surface area contributed by atoms with Gasteiger partial charge in [-0.2, -0.15) is 0 Å². The predicted octanol–water partition coefficient (Wildman–Crippen LogP) is 4.56. The third-order valence-electron chi connectivity index (χ3n) is 5.08. The van der Waals surface area contributed by atoms with Crippen molar-refractivity contribution >= 4 is 11.8 Å². The van der Waals surface area contributed by atoms with Gasteiger partial charge in [0.1, 0.15) is 6.10 Å². The van der Waals surface area contributed by atoms with E-state index in [1.807, 2.05) is 45.9 Å². The zero-order valence-corrected chi connectivity index (χ0v) is 15.6. The zero-order chi connectivity index (χ0) is 18.1. The minimum atomic E-state index is -0.418. The number of hydrogen-bond acceptors (Lipinski definition) is 3. The molecule has 0 heterocycles. The van der Waals surface area contributed by atoms with Crippen molar-refractivity contribution in [2.45, 2.75) is 54.1 Å². The maximum Gasteiger partial charge on any atom is 0.310 e. The van der Waals surface area contributed by atoms with E-state index in [4.69, 9.17) is 4.74 Å². The number of ketones is 1. The zero-order valence-electron chi connectivity index (χ0n) is 15.6. The van der Waals surface area contributed by atoms with E-state index in [1.165, 1.54) is 5.57 Å². The summed E-state index contributed by atoms with van der Waals surface area (Å²) in [6.45, 7) is 12.1. The Morgan fingerprint density at radius 3 is 2.50 bits per heavy atom. The number of Topliss-reactive ketones (excluding diaryl/α,β-unsaturated/α-hetero) is 1. The Balaban J connectivity index is 2.08. The van der Waals surface area contributed by atoms with Crippen LogP contribution in [0, 0.1) is 17.3 Å². The van der Waals surface area contributed by atoms with Crippen molar-refractivity contribution in [3.8, 4) is 0 Å². The summed E-state index contributed by atoms with van der Waals surface area (Å²) in [5.74, 6) is -0.0244. The molecule has 2 aliphatic carbocycles. The average molecular weight is 328 g/mol. The van der Waals surface area contributed by atoms with Crippen molar-refractivity contribution in [3.63, 3.8) is 0 Å². The average Bonchev–Trinajstić information content (AvgIpc) is 2.90. The van der Waals surface area contributed by atoms with E-state index in [1.54, 1.807) is 6.08 Å². The Hall–Kier alpha value is -1.90. The number of rotatable bonds is 5. The van der Waals surface area contributed by atoms with Gasteiger partial charge in [-0.05, 0) is 44.6 Å². The van der Waals surface area contributed by atoms with Gasteiger partial charge in [-0.1, -0.05) is 49.8 Å². The van der Waals surface area contributed by atoms with Crippen LogP contribution < -0.4 is 0 Å². The molecule has 0 saturated heterocycles. The smallest absolute Gasteiger partial charge is 0.310 e. The van der Waals surface area contributed by atoms with Crippen molar-refractivity contribution in [1.82, 2.24) is 0 Å². The van der Waals surface area contributed by atoms with Crippen molar-refractivity contribution in [1.29, 1.82) is 0 Å². The highest BCUT2D eigenvalue weighted by molar-refractivity contribution is 6.02. The van der Waals surface area contributed by atoms with Gasteiger partial charge >= 0.3 is 5.97 Å². The summed E-state index contributed by atoms with van der Waals surface area (Å²) >= 11 is 0. The second-order valence-electron chi connectivity index (χ2n) is 7.60. The molecule has 24 heavy (non-hydrogen) atoms. The fraction of sp³-hybridized carbons (Fsp3) is 0.524.